The molecule has 1 aliphatic rings. The van der Waals surface area contributed by atoms with Crippen LogP contribution in [0.5, 0.6) is 5.75 Å². The van der Waals surface area contributed by atoms with Crippen molar-refractivity contribution in [2.75, 3.05) is 6.54 Å². The lowest BCUT2D eigenvalue weighted by Gasteiger charge is -2.22. The van der Waals surface area contributed by atoms with Gasteiger partial charge in [0.1, 0.15) is 5.75 Å². The lowest BCUT2D eigenvalue weighted by Crippen LogP contribution is -2.35. The molecular weight excluding hydrogens is 386 g/mol. The van der Waals surface area contributed by atoms with Crippen LogP contribution in [0.3, 0.4) is 0 Å². The quantitative estimate of drug-likeness (QED) is 0.647. The molecule has 3 rings (SSSR count). The smallest absolute Gasteiger partial charge is 0.277 e. The first kappa shape index (κ1) is 20.0. The van der Waals surface area contributed by atoms with Gasteiger partial charge in [0.25, 0.3) is 11.1 Å². The summed E-state index contributed by atoms with van der Waals surface area (Å²) >= 11 is 7.10. The van der Waals surface area contributed by atoms with Gasteiger partial charge in [0.05, 0.1) is 5.25 Å². The Morgan fingerprint density at radius 3 is 2.78 bits per heavy atom. The molecule has 0 spiro atoms. The van der Waals surface area contributed by atoms with Crippen molar-refractivity contribution >= 4 is 29.3 Å². The van der Waals surface area contributed by atoms with Crippen molar-refractivity contribution in [1.82, 2.24) is 15.5 Å². The van der Waals surface area contributed by atoms with Crippen LogP contribution >= 0.6 is 23.4 Å². The van der Waals surface area contributed by atoms with Gasteiger partial charge in [-0.3, -0.25) is 4.79 Å². The van der Waals surface area contributed by atoms with E-state index in [9.17, 15) is 4.79 Å². The Labute approximate surface area is 168 Å². The van der Waals surface area contributed by atoms with Crippen LogP contribution in [-0.2, 0) is 11.4 Å². The van der Waals surface area contributed by atoms with E-state index < -0.39 is 0 Å². The molecule has 8 heteroatoms. The third kappa shape index (κ3) is 6.43. The molecule has 0 saturated heterocycles. The summed E-state index contributed by atoms with van der Waals surface area (Å²) < 4.78 is 11.1. The van der Waals surface area contributed by atoms with E-state index in [1.165, 1.54) is 43.9 Å². The Morgan fingerprint density at radius 1 is 1.30 bits per heavy atom. The van der Waals surface area contributed by atoms with Crippen LogP contribution in [0, 0.1) is 5.92 Å². The second kappa shape index (κ2) is 9.99. The number of hydrogen-bond donors (Lipinski definition) is 1. The van der Waals surface area contributed by atoms with Crippen LogP contribution < -0.4 is 10.1 Å². The van der Waals surface area contributed by atoms with Crippen LogP contribution in [0.2, 0.25) is 5.02 Å². The Morgan fingerprint density at radius 2 is 2.04 bits per heavy atom. The number of carbonyl (C=O) groups excluding carboxylic acids is 1. The second-order valence-corrected chi connectivity index (χ2v) is 8.44. The van der Waals surface area contributed by atoms with Crippen molar-refractivity contribution in [3.63, 3.8) is 0 Å². The van der Waals surface area contributed by atoms with E-state index in [0.29, 0.717) is 27.8 Å². The highest BCUT2D eigenvalue weighted by Gasteiger charge is 2.20. The third-order valence-electron chi connectivity index (χ3n) is 4.56. The number of thioether (sulfide) groups is 1. The summed E-state index contributed by atoms with van der Waals surface area (Å²) in [7, 11) is 0. The molecule has 1 aromatic heterocycles. The molecule has 1 N–H and O–H groups in total. The van der Waals surface area contributed by atoms with Gasteiger partial charge in [-0.25, -0.2) is 0 Å². The van der Waals surface area contributed by atoms with Gasteiger partial charge < -0.3 is 14.5 Å². The topological polar surface area (TPSA) is 77.2 Å². The number of ether oxygens (including phenoxy) is 1. The Balaban J connectivity index is 1.42. The minimum absolute atomic E-state index is 0.00253. The third-order valence-corrected chi connectivity index (χ3v) is 5.75. The largest absolute Gasteiger partial charge is 0.484 e. The van der Waals surface area contributed by atoms with E-state index in [4.69, 9.17) is 20.8 Å². The zero-order chi connectivity index (χ0) is 19.1. The number of nitrogens with one attached hydrogen (secondary N) is 1. The maximum Gasteiger partial charge on any atom is 0.277 e. The molecule has 1 unspecified atom stereocenters. The summed E-state index contributed by atoms with van der Waals surface area (Å²) in [6.45, 7) is 2.76. The Bertz CT molecular complexity index is 732. The van der Waals surface area contributed by atoms with Crippen LogP contribution in [0.25, 0.3) is 0 Å². The molecule has 1 fully saturated rings. The first-order valence-electron chi connectivity index (χ1n) is 9.25. The van der Waals surface area contributed by atoms with E-state index in [-0.39, 0.29) is 17.8 Å². The first-order chi connectivity index (χ1) is 13.1. The molecule has 0 radical (unpaired) electrons. The molecular formula is C19H24ClN3O3S. The fraction of sp³-hybridized carbons (Fsp3) is 0.526. The average molecular weight is 410 g/mol. The van der Waals surface area contributed by atoms with E-state index in [1.54, 1.807) is 24.3 Å². The molecule has 1 aromatic carbocycles. The highest BCUT2D eigenvalue weighted by atomic mass is 35.5. The van der Waals surface area contributed by atoms with E-state index in [1.807, 2.05) is 6.92 Å². The summed E-state index contributed by atoms with van der Waals surface area (Å²) in [6, 6.07) is 7.04. The molecule has 1 amide bonds. The molecule has 27 heavy (non-hydrogen) atoms. The van der Waals surface area contributed by atoms with Crippen LogP contribution in [0.1, 0.15) is 44.9 Å². The van der Waals surface area contributed by atoms with Crippen molar-refractivity contribution in [3.05, 3.63) is 35.2 Å². The van der Waals surface area contributed by atoms with Gasteiger partial charge in [0, 0.05) is 11.6 Å². The van der Waals surface area contributed by atoms with Crippen LogP contribution in [0.4, 0.5) is 0 Å². The molecule has 1 atom stereocenters. The van der Waals surface area contributed by atoms with E-state index in [2.05, 4.69) is 15.5 Å². The molecule has 1 aliphatic carbocycles. The fourth-order valence-electron chi connectivity index (χ4n) is 3.00. The zero-order valence-electron chi connectivity index (χ0n) is 15.3. The number of halogens is 1. The number of rotatable bonds is 8. The lowest BCUT2D eigenvalue weighted by molar-refractivity contribution is -0.120. The number of nitrogens with zero attached hydrogens (tertiary/aromatic N) is 2. The van der Waals surface area contributed by atoms with Crippen molar-refractivity contribution in [2.45, 2.75) is 56.1 Å². The van der Waals surface area contributed by atoms with Gasteiger partial charge in [0.15, 0.2) is 6.61 Å². The fourth-order valence-corrected chi connectivity index (χ4v) is 3.86. The van der Waals surface area contributed by atoms with E-state index in [0.717, 1.165) is 6.54 Å². The molecule has 2 aromatic rings. The minimum atomic E-state index is -0.293. The van der Waals surface area contributed by atoms with Crippen molar-refractivity contribution in [1.29, 1.82) is 0 Å². The Kier molecular flexibility index (Phi) is 7.41. The zero-order valence-corrected chi connectivity index (χ0v) is 16.9. The predicted molar refractivity (Wildman–Crippen MR) is 105 cm³/mol. The van der Waals surface area contributed by atoms with Gasteiger partial charge in [-0.1, -0.05) is 42.6 Å². The van der Waals surface area contributed by atoms with Crippen molar-refractivity contribution in [2.24, 2.45) is 5.92 Å². The lowest BCUT2D eigenvalue weighted by atomic mass is 9.89. The van der Waals surface area contributed by atoms with Gasteiger partial charge in [0.2, 0.25) is 5.91 Å². The van der Waals surface area contributed by atoms with Crippen LogP contribution in [-0.4, -0.2) is 27.9 Å². The highest BCUT2D eigenvalue weighted by molar-refractivity contribution is 8.00. The maximum absolute atomic E-state index is 12.3. The summed E-state index contributed by atoms with van der Waals surface area (Å²) in [6.07, 6.45) is 6.28. The summed E-state index contributed by atoms with van der Waals surface area (Å²) in [5.74, 6) is 1.65. The molecule has 0 bridgehead atoms. The highest BCUT2D eigenvalue weighted by Crippen LogP contribution is 2.25. The van der Waals surface area contributed by atoms with Gasteiger partial charge >= 0.3 is 0 Å². The Hall–Kier alpha value is -1.73. The number of aromatic nitrogens is 2. The second-order valence-electron chi connectivity index (χ2n) is 6.71. The number of benzene rings is 1. The monoisotopic (exact) mass is 409 g/mol. The molecule has 1 saturated carbocycles. The van der Waals surface area contributed by atoms with Crippen molar-refractivity contribution < 1.29 is 13.9 Å². The summed E-state index contributed by atoms with van der Waals surface area (Å²) in [4.78, 5) is 12.3. The summed E-state index contributed by atoms with van der Waals surface area (Å²) in [5.41, 5.74) is 0. The van der Waals surface area contributed by atoms with Gasteiger partial charge in [-0.05, 0) is 49.9 Å². The standard InChI is InChI=1S/C19H24ClN3O3S/c1-13(18(24)21-11-14-5-3-2-4-6-14)27-19-23-22-17(26-19)12-25-16-9-7-15(20)8-10-16/h7-10,13-14H,2-6,11-12H2,1H3,(H,21,24). The minimum Gasteiger partial charge on any atom is -0.484 e. The van der Waals surface area contributed by atoms with Gasteiger partial charge in [-0.2, -0.15) is 0 Å². The molecule has 146 valence electrons. The van der Waals surface area contributed by atoms with E-state index >= 15 is 0 Å². The number of amides is 1. The molecule has 1 heterocycles. The first-order valence-corrected chi connectivity index (χ1v) is 10.5. The average Bonchev–Trinajstić information content (AvgIpc) is 3.13. The predicted octanol–water partition coefficient (Wildman–Crippen LogP) is 4.48. The number of hydrogen-bond acceptors (Lipinski definition) is 6. The summed E-state index contributed by atoms with van der Waals surface area (Å²) in [5, 5.41) is 11.7. The van der Waals surface area contributed by atoms with Crippen LogP contribution in [0.15, 0.2) is 33.9 Å². The number of carbonyl (C=O) groups is 1. The molecule has 0 aliphatic heterocycles. The van der Waals surface area contributed by atoms with Gasteiger partial charge in [-0.15, -0.1) is 10.2 Å². The molecule has 6 nitrogen and oxygen atoms in total. The van der Waals surface area contributed by atoms with Crippen molar-refractivity contribution in [3.8, 4) is 5.75 Å². The maximum atomic E-state index is 12.3. The normalized spacial score (nSPS) is 16.1. The SMILES string of the molecule is CC(Sc1nnc(COc2ccc(Cl)cc2)o1)C(=O)NCC1CCCCC1.